The Kier molecular flexibility index (Phi) is 2.75. The van der Waals surface area contributed by atoms with Crippen LogP contribution in [0.4, 0.5) is 0 Å². The zero-order chi connectivity index (χ0) is 12.0. The number of likely N-dealkylation sites (N-methyl/N-ethyl adjacent to an activating group) is 1. The molecular formula is C14H17BrN2. The normalized spacial score (nSPS) is 19.9. The SMILES string of the molecule is CN(C)C1CCc2[nH]c3c(Br)cccc3c2C1. The van der Waals surface area contributed by atoms with Crippen LogP contribution in [0, 0.1) is 0 Å². The number of aryl methyl sites for hydroxylation is 1. The average molecular weight is 293 g/mol. The van der Waals surface area contributed by atoms with Crippen molar-refractivity contribution >= 4 is 26.8 Å². The van der Waals surface area contributed by atoms with E-state index >= 15 is 0 Å². The molecule has 0 saturated heterocycles. The molecule has 0 fully saturated rings. The van der Waals surface area contributed by atoms with E-state index in [0.29, 0.717) is 6.04 Å². The summed E-state index contributed by atoms with van der Waals surface area (Å²) in [5.41, 5.74) is 4.22. The Morgan fingerprint density at radius 2 is 2.18 bits per heavy atom. The Bertz CT molecular complexity index is 557. The summed E-state index contributed by atoms with van der Waals surface area (Å²) in [5, 5.41) is 1.39. The van der Waals surface area contributed by atoms with Crippen molar-refractivity contribution in [3.63, 3.8) is 0 Å². The van der Waals surface area contributed by atoms with E-state index in [0.717, 1.165) is 0 Å². The van der Waals surface area contributed by atoms with Gasteiger partial charge in [0, 0.05) is 21.6 Å². The maximum Gasteiger partial charge on any atom is 0.0603 e. The van der Waals surface area contributed by atoms with E-state index in [1.165, 1.54) is 45.9 Å². The Labute approximate surface area is 110 Å². The van der Waals surface area contributed by atoms with Crippen molar-refractivity contribution in [1.29, 1.82) is 0 Å². The van der Waals surface area contributed by atoms with Gasteiger partial charge in [-0.2, -0.15) is 0 Å². The zero-order valence-corrected chi connectivity index (χ0v) is 11.8. The van der Waals surface area contributed by atoms with E-state index in [4.69, 9.17) is 0 Å². The highest BCUT2D eigenvalue weighted by molar-refractivity contribution is 9.10. The predicted molar refractivity (Wildman–Crippen MR) is 75.5 cm³/mol. The summed E-state index contributed by atoms with van der Waals surface area (Å²) in [4.78, 5) is 5.93. The molecule has 1 unspecified atom stereocenters. The molecule has 0 radical (unpaired) electrons. The predicted octanol–water partition coefficient (Wildman–Crippen LogP) is 3.35. The van der Waals surface area contributed by atoms with Gasteiger partial charge in [-0.15, -0.1) is 0 Å². The number of para-hydroxylation sites is 1. The molecule has 1 aliphatic carbocycles. The Balaban J connectivity index is 2.12. The van der Waals surface area contributed by atoms with E-state index < -0.39 is 0 Å². The van der Waals surface area contributed by atoms with E-state index in [9.17, 15) is 0 Å². The molecule has 2 nitrogen and oxygen atoms in total. The van der Waals surface area contributed by atoms with Gasteiger partial charge >= 0.3 is 0 Å². The maximum atomic E-state index is 3.63. The van der Waals surface area contributed by atoms with E-state index in [-0.39, 0.29) is 0 Å². The largest absolute Gasteiger partial charge is 0.357 e. The van der Waals surface area contributed by atoms with Crippen LogP contribution in [0.25, 0.3) is 10.9 Å². The van der Waals surface area contributed by atoms with Gasteiger partial charge < -0.3 is 9.88 Å². The lowest BCUT2D eigenvalue weighted by Crippen LogP contribution is -2.33. The van der Waals surface area contributed by atoms with Crippen LogP contribution in [0.2, 0.25) is 0 Å². The second kappa shape index (κ2) is 4.14. The van der Waals surface area contributed by atoms with E-state index in [1.807, 2.05) is 0 Å². The molecule has 0 aliphatic heterocycles. The first-order chi connectivity index (χ1) is 8.16. The second-order valence-electron chi connectivity index (χ2n) is 5.10. The van der Waals surface area contributed by atoms with Gasteiger partial charge in [-0.25, -0.2) is 0 Å². The van der Waals surface area contributed by atoms with Gasteiger partial charge in [0.15, 0.2) is 0 Å². The van der Waals surface area contributed by atoms with Gasteiger partial charge in [-0.1, -0.05) is 12.1 Å². The maximum absolute atomic E-state index is 3.63. The third-order valence-corrected chi connectivity index (χ3v) is 4.54. The van der Waals surface area contributed by atoms with Crippen molar-refractivity contribution in [2.24, 2.45) is 0 Å². The molecule has 90 valence electrons. The van der Waals surface area contributed by atoms with Gasteiger partial charge in [0.1, 0.15) is 0 Å². The van der Waals surface area contributed by atoms with Crippen LogP contribution in [0.5, 0.6) is 0 Å². The van der Waals surface area contributed by atoms with Gasteiger partial charge in [0.25, 0.3) is 0 Å². The number of hydrogen-bond donors (Lipinski definition) is 1. The van der Waals surface area contributed by atoms with Crippen molar-refractivity contribution < 1.29 is 0 Å². The summed E-state index contributed by atoms with van der Waals surface area (Å²) in [6.07, 6.45) is 3.59. The van der Waals surface area contributed by atoms with Crippen LogP contribution in [0.1, 0.15) is 17.7 Å². The number of nitrogens with zero attached hydrogens (tertiary/aromatic N) is 1. The van der Waals surface area contributed by atoms with Crippen molar-refractivity contribution in [2.75, 3.05) is 14.1 Å². The molecule has 1 atom stereocenters. The topological polar surface area (TPSA) is 19.0 Å². The number of rotatable bonds is 1. The van der Waals surface area contributed by atoms with E-state index in [1.54, 1.807) is 0 Å². The third-order valence-electron chi connectivity index (χ3n) is 3.88. The second-order valence-corrected chi connectivity index (χ2v) is 5.96. The monoisotopic (exact) mass is 292 g/mol. The zero-order valence-electron chi connectivity index (χ0n) is 10.3. The summed E-state index contributed by atoms with van der Waals surface area (Å²) >= 11 is 3.63. The first-order valence-corrected chi connectivity index (χ1v) is 6.90. The number of hydrogen-bond acceptors (Lipinski definition) is 1. The fraction of sp³-hybridized carbons (Fsp3) is 0.429. The van der Waals surface area contributed by atoms with Crippen LogP contribution >= 0.6 is 15.9 Å². The number of halogens is 1. The molecule has 1 aromatic carbocycles. The molecule has 1 N–H and O–H groups in total. The van der Waals surface area contributed by atoms with E-state index in [2.05, 4.69) is 58.1 Å². The van der Waals surface area contributed by atoms with Crippen LogP contribution < -0.4 is 0 Å². The molecule has 17 heavy (non-hydrogen) atoms. The van der Waals surface area contributed by atoms with Gasteiger partial charge in [-0.05, 0) is 60.9 Å². The molecule has 0 bridgehead atoms. The molecule has 1 aliphatic rings. The number of benzene rings is 1. The third kappa shape index (κ3) is 1.81. The molecule has 2 aromatic rings. The standard InChI is InChI=1S/C14H17BrN2/c1-17(2)9-6-7-13-11(8-9)10-4-3-5-12(15)14(10)16-13/h3-5,9,16H,6-8H2,1-2H3. The summed E-state index contributed by atoms with van der Waals surface area (Å²) in [5.74, 6) is 0. The van der Waals surface area contributed by atoms with Crippen LogP contribution in [-0.4, -0.2) is 30.0 Å². The number of aromatic amines is 1. The molecular weight excluding hydrogens is 276 g/mol. The summed E-state index contributed by atoms with van der Waals surface area (Å²) in [7, 11) is 4.36. The fourth-order valence-electron chi connectivity index (χ4n) is 2.83. The molecule has 0 saturated carbocycles. The molecule has 0 spiro atoms. The van der Waals surface area contributed by atoms with Gasteiger partial charge in [0.05, 0.1) is 5.52 Å². The van der Waals surface area contributed by atoms with Crippen molar-refractivity contribution in [3.05, 3.63) is 33.9 Å². The number of aromatic nitrogens is 1. The number of fused-ring (bicyclic) bond motifs is 3. The lowest BCUT2D eigenvalue weighted by atomic mass is 9.91. The van der Waals surface area contributed by atoms with Crippen LogP contribution in [0.15, 0.2) is 22.7 Å². The average Bonchev–Trinajstić information content (AvgIpc) is 2.68. The lowest BCUT2D eigenvalue weighted by Gasteiger charge is -2.28. The smallest absolute Gasteiger partial charge is 0.0603 e. The summed E-state index contributed by atoms with van der Waals surface area (Å²) < 4.78 is 1.17. The van der Waals surface area contributed by atoms with Gasteiger partial charge in [0.2, 0.25) is 0 Å². The number of nitrogens with one attached hydrogen (secondary N) is 1. The highest BCUT2D eigenvalue weighted by Crippen LogP contribution is 2.33. The van der Waals surface area contributed by atoms with Gasteiger partial charge in [-0.3, -0.25) is 0 Å². The molecule has 3 rings (SSSR count). The van der Waals surface area contributed by atoms with Crippen molar-refractivity contribution in [2.45, 2.75) is 25.3 Å². The first-order valence-electron chi connectivity index (χ1n) is 6.11. The highest BCUT2D eigenvalue weighted by atomic mass is 79.9. The minimum Gasteiger partial charge on any atom is -0.357 e. The summed E-state index contributed by atoms with van der Waals surface area (Å²) in [6.45, 7) is 0. The quantitative estimate of drug-likeness (QED) is 0.854. The molecule has 0 amide bonds. The van der Waals surface area contributed by atoms with Crippen molar-refractivity contribution in [3.8, 4) is 0 Å². The lowest BCUT2D eigenvalue weighted by molar-refractivity contribution is 0.268. The van der Waals surface area contributed by atoms with Crippen LogP contribution in [0.3, 0.4) is 0 Å². The Morgan fingerprint density at radius 3 is 2.94 bits per heavy atom. The van der Waals surface area contributed by atoms with Crippen molar-refractivity contribution in [1.82, 2.24) is 9.88 Å². The minimum atomic E-state index is 0.681. The Hall–Kier alpha value is -0.800. The molecule has 1 aromatic heterocycles. The minimum absolute atomic E-state index is 0.681. The first kappa shape index (κ1) is 11.3. The Morgan fingerprint density at radius 1 is 1.35 bits per heavy atom. The highest BCUT2D eigenvalue weighted by Gasteiger charge is 2.23. The molecule has 3 heteroatoms. The van der Waals surface area contributed by atoms with Crippen LogP contribution in [-0.2, 0) is 12.8 Å². The number of H-pyrrole nitrogens is 1. The summed E-state index contributed by atoms with van der Waals surface area (Å²) in [6, 6.07) is 7.14. The fourth-order valence-corrected chi connectivity index (χ4v) is 3.29. The molecule has 1 heterocycles.